The molecule has 0 bridgehead atoms. The number of hydrogen-bond acceptors (Lipinski definition) is 8. The number of carboxylic acid groups (broad SMARTS) is 1. The molecule has 2 amide bonds. The first-order valence-electron chi connectivity index (χ1n) is 18.9. The Morgan fingerprint density at radius 3 is 2.18 bits per heavy atom. The monoisotopic (exact) mass is 770 g/mol. The van der Waals surface area contributed by atoms with Gasteiger partial charge in [0.1, 0.15) is 12.3 Å². The lowest BCUT2D eigenvalue weighted by atomic mass is 9.71. The van der Waals surface area contributed by atoms with Gasteiger partial charge in [-0.2, -0.15) is 13.2 Å². The van der Waals surface area contributed by atoms with Crippen LogP contribution in [0.15, 0.2) is 73.3 Å². The SMILES string of the molecule is CC[C@H]1CC[C@H](C2CC=C(c3cnc(-c4ccc(CN(CC(=O)O)C(=O)c5ncc(NC(=O)Cc6ccc(OC)cc6C(F)(F)F)cn5)cc4)nc3)CC2)CC1. The highest BCUT2D eigenvalue weighted by molar-refractivity contribution is 5.94. The molecule has 1 saturated carbocycles. The molecule has 56 heavy (non-hydrogen) atoms. The highest BCUT2D eigenvalue weighted by Crippen LogP contribution is 2.42. The summed E-state index contributed by atoms with van der Waals surface area (Å²) in [6, 6.07) is 10.4. The minimum Gasteiger partial charge on any atom is -0.497 e. The maximum Gasteiger partial charge on any atom is 0.416 e. The van der Waals surface area contributed by atoms with Gasteiger partial charge in [0.2, 0.25) is 11.7 Å². The van der Waals surface area contributed by atoms with Crippen molar-refractivity contribution >= 4 is 29.0 Å². The molecule has 11 nitrogen and oxygen atoms in total. The summed E-state index contributed by atoms with van der Waals surface area (Å²) in [5, 5.41) is 12.0. The van der Waals surface area contributed by atoms with Gasteiger partial charge in [0.05, 0.1) is 37.2 Å². The molecule has 0 radical (unpaired) electrons. The molecule has 2 aromatic heterocycles. The normalized spacial score (nSPS) is 18.4. The quantitative estimate of drug-likeness (QED) is 0.137. The summed E-state index contributed by atoms with van der Waals surface area (Å²) >= 11 is 0. The predicted molar refractivity (Wildman–Crippen MR) is 203 cm³/mol. The number of anilines is 1. The molecule has 2 N–H and O–H groups in total. The van der Waals surface area contributed by atoms with Crippen molar-refractivity contribution in [3.63, 3.8) is 0 Å². The van der Waals surface area contributed by atoms with Crippen molar-refractivity contribution in [3.8, 4) is 17.1 Å². The van der Waals surface area contributed by atoms with E-state index in [0.717, 1.165) is 71.1 Å². The number of rotatable bonds is 13. The Morgan fingerprint density at radius 1 is 0.893 bits per heavy atom. The van der Waals surface area contributed by atoms with Gasteiger partial charge in [-0.1, -0.05) is 62.6 Å². The molecule has 6 rings (SSSR count). The number of ether oxygens (including phenoxy) is 1. The number of hydrogen-bond donors (Lipinski definition) is 2. The average molecular weight is 771 g/mol. The molecule has 294 valence electrons. The predicted octanol–water partition coefficient (Wildman–Crippen LogP) is 8.27. The van der Waals surface area contributed by atoms with E-state index in [1.165, 1.54) is 57.3 Å². The van der Waals surface area contributed by atoms with E-state index in [0.29, 0.717) is 11.4 Å². The van der Waals surface area contributed by atoms with E-state index in [4.69, 9.17) is 4.74 Å². The fourth-order valence-corrected chi connectivity index (χ4v) is 7.72. The van der Waals surface area contributed by atoms with Crippen LogP contribution < -0.4 is 10.1 Å². The second-order valence-electron chi connectivity index (χ2n) is 14.5. The number of aromatic nitrogens is 4. The Kier molecular flexibility index (Phi) is 12.8. The molecule has 0 spiro atoms. The van der Waals surface area contributed by atoms with Crippen LogP contribution in [0.4, 0.5) is 18.9 Å². The van der Waals surface area contributed by atoms with Crippen LogP contribution in [0.1, 0.15) is 91.2 Å². The third kappa shape index (κ3) is 10.1. The Bertz CT molecular complexity index is 2030. The summed E-state index contributed by atoms with van der Waals surface area (Å²) in [4.78, 5) is 55.9. The van der Waals surface area contributed by atoms with Crippen molar-refractivity contribution in [1.82, 2.24) is 24.8 Å². The largest absolute Gasteiger partial charge is 0.497 e. The van der Waals surface area contributed by atoms with Crippen LogP contribution in [-0.4, -0.2) is 61.4 Å². The zero-order valence-electron chi connectivity index (χ0n) is 31.4. The van der Waals surface area contributed by atoms with Crippen LogP contribution >= 0.6 is 0 Å². The minimum atomic E-state index is -4.70. The summed E-state index contributed by atoms with van der Waals surface area (Å²) in [5.74, 6) is -0.0433. The van der Waals surface area contributed by atoms with E-state index in [-0.39, 0.29) is 29.4 Å². The first-order chi connectivity index (χ1) is 26.9. The van der Waals surface area contributed by atoms with Gasteiger partial charge < -0.3 is 20.1 Å². The topological polar surface area (TPSA) is 148 Å². The van der Waals surface area contributed by atoms with Gasteiger partial charge in [-0.25, -0.2) is 19.9 Å². The van der Waals surface area contributed by atoms with Gasteiger partial charge in [-0.3, -0.25) is 14.4 Å². The first kappa shape index (κ1) is 40.0. The van der Waals surface area contributed by atoms with Crippen LogP contribution in [0.5, 0.6) is 5.75 Å². The summed E-state index contributed by atoms with van der Waals surface area (Å²) in [7, 11) is 1.24. The maximum absolute atomic E-state index is 13.6. The van der Waals surface area contributed by atoms with E-state index < -0.39 is 42.5 Å². The zero-order valence-corrected chi connectivity index (χ0v) is 31.4. The molecular formula is C42H45F3N6O5. The Hall–Kier alpha value is -5.66. The summed E-state index contributed by atoms with van der Waals surface area (Å²) in [5.41, 5.74) is 2.51. The lowest BCUT2D eigenvalue weighted by molar-refractivity contribution is -0.139. The number of amides is 2. The number of halogens is 3. The van der Waals surface area contributed by atoms with Crippen molar-refractivity contribution in [2.24, 2.45) is 17.8 Å². The minimum absolute atomic E-state index is 0.000892. The number of carboxylic acids is 1. The van der Waals surface area contributed by atoms with Crippen molar-refractivity contribution in [2.75, 3.05) is 19.0 Å². The Balaban J connectivity index is 1.04. The van der Waals surface area contributed by atoms with E-state index in [1.54, 1.807) is 12.1 Å². The van der Waals surface area contributed by atoms with Gasteiger partial charge >= 0.3 is 12.1 Å². The van der Waals surface area contributed by atoms with Crippen molar-refractivity contribution in [3.05, 3.63) is 101 Å². The second kappa shape index (κ2) is 17.9. The highest BCUT2D eigenvalue weighted by Gasteiger charge is 2.34. The van der Waals surface area contributed by atoms with Crippen molar-refractivity contribution in [1.29, 1.82) is 0 Å². The Morgan fingerprint density at radius 2 is 1.59 bits per heavy atom. The van der Waals surface area contributed by atoms with Crippen LogP contribution in [0, 0.1) is 17.8 Å². The van der Waals surface area contributed by atoms with Crippen LogP contribution in [0.3, 0.4) is 0 Å². The molecule has 0 saturated heterocycles. The van der Waals surface area contributed by atoms with Gasteiger partial charge in [-0.05, 0) is 78.7 Å². The lowest BCUT2D eigenvalue weighted by Gasteiger charge is -2.35. The molecule has 1 atom stereocenters. The fourth-order valence-electron chi connectivity index (χ4n) is 7.72. The molecule has 14 heteroatoms. The number of methoxy groups -OCH3 is 1. The van der Waals surface area contributed by atoms with Crippen LogP contribution in [0.2, 0.25) is 0 Å². The van der Waals surface area contributed by atoms with E-state index in [1.807, 2.05) is 24.5 Å². The number of nitrogens with zero attached hydrogens (tertiary/aromatic N) is 5. The molecule has 1 fully saturated rings. The fraction of sp³-hybridized carbons (Fsp3) is 0.405. The molecular weight excluding hydrogens is 725 g/mol. The summed E-state index contributed by atoms with van der Waals surface area (Å²) < 4.78 is 45.6. The van der Waals surface area contributed by atoms with E-state index >= 15 is 0 Å². The van der Waals surface area contributed by atoms with Gasteiger partial charge in [0.15, 0.2) is 5.82 Å². The number of benzene rings is 2. The number of aliphatic carboxylic acids is 1. The number of allylic oxidation sites excluding steroid dienone is 2. The molecule has 2 aliphatic rings. The molecule has 2 aromatic carbocycles. The molecule has 0 aliphatic heterocycles. The standard InChI is InChI=1S/C42H45F3N6O5/c1-3-26-4-8-28(9-5-26)29-12-14-30(15-13-29)33-20-46-39(47-21-33)31-10-6-27(7-11-31)24-51(25-38(53)54)41(55)40-48-22-34(23-49-40)50-37(52)18-32-16-17-35(56-2)19-36(32)42(43,44)45/h6-7,10-11,14,16-17,19-23,26,28-29H,3-5,8-9,12-13,15,18,24-25H2,1-2H3,(H,50,52)(H,53,54)/t26-,28-,29?. The van der Waals surface area contributed by atoms with Crippen molar-refractivity contribution in [2.45, 2.75) is 77.4 Å². The van der Waals surface area contributed by atoms with Crippen LogP contribution in [-0.2, 0) is 28.7 Å². The highest BCUT2D eigenvalue weighted by atomic mass is 19.4. The summed E-state index contributed by atoms with van der Waals surface area (Å²) in [6.45, 7) is 1.61. The molecule has 4 aromatic rings. The Labute approximate surface area is 323 Å². The zero-order chi connectivity index (χ0) is 39.8. The first-order valence-corrected chi connectivity index (χ1v) is 18.9. The third-order valence-electron chi connectivity index (χ3n) is 10.9. The number of carbonyl (C=O) groups excluding carboxylic acids is 2. The van der Waals surface area contributed by atoms with Gasteiger partial charge in [0.25, 0.3) is 5.91 Å². The van der Waals surface area contributed by atoms with Crippen LogP contribution in [0.25, 0.3) is 17.0 Å². The number of alkyl halides is 3. The number of nitrogens with one attached hydrogen (secondary N) is 1. The van der Waals surface area contributed by atoms with Crippen molar-refractivity contribution < 1.29 is 37.4 Å². The number of carbonyl (C=O) groups is 3. The average Bonchev–Trinajstić information content (AvgIpc) is 3.20. The molecule has 2 heterocycles. The van der Waals surface area contributed by atoms with E-state index in [9.17, 15) is 32.7 Å². The molecule has 1 unspecified atom stereocenters. The third-order valence-corrected chi connectivity index (χ3v) is 10.9. The van der Waals surface area contributed by atoms with Gasteiger partial charge in [-0.15, -0.1) is 0 Å². The van der Waals surface area contributed by atoms with E-state index in [2.05, 4.69) is 38.3 Å². The lowest BCUT2D eigenvalue weighted by Crippen LogP contribution is -2.36. The second-order valence-corrected chi connectivity index (χ2v) is 14.5. The molecule has 2 aliphatic carbocycles. The summed E-state index contributed by atoms with van der Waals surface area (Å²) in [6.07, 6.45) is 13.2. The smallest absolute Gasteiger partial charge is 0.416 e. The van der Waals surface area contributed by atoms with Gasteiger partial charge in [0, 0.05) is 30.1 Å². The maximum atomic E-state index is 13.6.